The third kappa shape index (κ3) is 3.68. The van der Waals surface area contributed by atoms with Gasteiger partial charge in [0.15, 0.2) is 5.13 Å². The largest absolute Gasteiger partial charge is 0.399 e. The molecule has 0 aliphatic rings. The summed E-state index contributed by atoms with van der Waals surface area (Å²) in [5.74, 6) is -0.173. The van der Waals surface area contributed by atoms with Crippen LogP contribution in [-0.4, -0.2) is 23.6 Å². The van der Waals surface area contributed by atoms with E-state index < -0.39 is 6.10 Å². The van der Waals surface area contributed by atoms with E-state index in [1.807, 2.05) is 12.1 Å². The van der Waals surface area contributed by atoms with Crippen molar-refractivity contribution in [3.05, 3.63) is 18.2 Å². The summed E-state index contributed by atoms with van der Waals surface area (Å²) in [4.78, 5) is 16.3. The highest BCUT2D eigenvalue weighted by atomic mass is 32.1. The molecule has 5 nitrogen and oxygen atoms in total. The van der Waals surface area contributed by atoms with Crippen LogP contribution in [-0.2, 0) is 9.53 Å². The lowest BCUT2D eigenvalue weighted by molar-refractivity contribution is -0.126. The van der Waals surface area contributed by atoms with Crippen molar-refractivity contribution < 1.29 is 9.53 Å². The van der Waals surface area contributed by atoms with E-state index in [0.717, 1.165) is 23.1 Å². The lowest BCUT2D eigenvalue weighted by Gasteiger charge is -2.11. The minimum absolute atomic E-state index is 0.173. The molecule has 20 heavy (non-hydrogen) atoms. The number of carbonyl (C=O) groups is 1. The van der Waals surface area contributed by atoms with Crippen LogP contribution in [0.5, 0.6) is 0 Å². The number of nitrogen functional groups attached to an aromatic ring is 1. The third-order valence-electron chi connectivity index (χ3n) is 2.88. The van der Waals surface area contributed by atoms with Crippen LogP contribution in [0.4, 0.5) is 10.8 Å². The maximum Gasteiger partial charge on any atom is 0.254 e. The number of fused-ring (bicyclic) bond motifs is 1. The molecule has 0 saturated heterocycles. The van der Waals surface area contributed by atoms with Crippen LogP contribution in [0.3, 0.4) is 0 Å². The number of carbonyl (C=O) groups excluding carboxylic acids is 1. The number of amides is 1. The highest BCUT2D eigenvalue weighted by molar-refractivity contribution is 7.22. The standard InChI is InChI=1S/C14H19N3O2S/c1-3-4-7-19-9(2)13(18)17-14-16-11-6-5-10(15)8-12(11)20-14/h5-6,8-9H,3-4,7,15H2,1-2H3,(H,16,17,18). The Balaban J connectivity index is 1.98. The maximum atomic E-state index is 12.0. The molecule has 0 aliphatic carbocycles. The Morgan fingerprint density at radius 1 is 1.55 bits per heavy atom. The molecular formula is C14H19N3O2S. The zero-order chi connectivity index (χ0) is 14.5. The van der Waals surface area contributed by atoms with E-state index in [0.29, 0.717) is 17.4 Å². The zero-order valence-corrected chi connectivity index (χ0v) is 12.5. The summed E-state index contributed by atoms with van der Waals surface area (Å²) < 4.78 is 6.41. The quantitative estimate of drug-likeness (QED) is 0.634. The Morgan fingerprint density at radius 2 is 2.35 bits per heavy atom. The number of rotatable bonds is 6. The molecule has 1 aromatic heterocycles. The Kier molecular flexibility index (Phi) is 4.92. The topological polar surface area (TPSA) is 77.2 Å². The van der Waals surface area contributed by atoms with Crippen molar-refractivity contribution in [3.8, 4) is 0 Å². The highest BCUT2D eigenvalue weighted by Gasteiger charge is 2.15. The van der Waals surface area contributed by atoms with Crippen LogP contribution in [0.25, 0.3) is 10.2 Å². The predicted molar refractivity (Wildman–Crippen MR) is 83.0 cm³/mol. The Bertz CT molecular complexity index is 597. The number of ether oxygens (including phenoxy) is 1. The van der Waals surface area contributed by atoms with E-state index in [1.54, 1.807) is 13.0 Å². The minimum Gasteiger partial charge on any atom is -0.399 e. The first-order valence-electron chi connectivity index (χ1n) is 6.68. The van der Waals surface area contributed by atoms with Crippen LogP contribution >= 0.6 is 11.3 Å². The van der Waals surface area contributed by atoms with Crippen molar-refractivity contribution >= 4 is 38.3 Å². The molecule has 1 aromatic carbocycles. The van der Waals surface area contributed by atoms with Gasteiger partial charge in [0.05, 0.1) is 10.2 Å². The van der Waals surface area contributed by atoms with E-state index in [2.05, 4.69) is 17.2 Å². The molecule has 1 heterocycles. The summed E-state index contributed by atoms with van der Waals surface area (Å²) in [5, 5.41) is 3.35. The number of anilines is 2. The SMILES string of the molecule is CCCCOC(C)C(=O)Nc1nc2ccc(N)cc2s1. The summed E-state index contributed by atoms with van der Waals surface area (Å²) in [5.41, 5.74) is 7.24. The van der Waals surface area contributed by atoms with E-state index in [-0.39, 0.29) is 5.91 Å². The van der Waals surface area contributed by atoms with E-state index in [4.69, 9.17) is 10.5 Å². The number of aromatic nitrogens is 1. The van der Waals surface area contributed by atoms with Gasteiger partial charge in [-0.05, 0) is 31.5 Å². The molecule has 6 heteroatoms. The van der Waals surface area contributed by atoms with E-state index in [1.165, 1.54) is 11.3 Å². The number of thiazole rings is 1. The molecule has 0 spiro atoms. The molecule has 0 bridgehead atoms. The first kappa shape index (κ1) is 14.7. The second-order valence-corrected chi connectivity index (χ2v) is 5.63. The molecule has 2 aromatic rings. The number of nitrogens with one attached hydrogen (secondary N) is 1. The monoisotopic (exact) mass is 293 g/mol. The van der Waals surface area contributed by atoms with Gasteiger partial charge < -0.3 is 10.5 Å². The van der Waals surface area contributed by atoms with Crippen molar-refractivity contribution in [1.29, 1.82) is 0 Å². The minimum atomic E-state index is -0.473. The van der Waals surface area contributed by atoms with Crippen molar-refractivity contribution in [3.63, 3.8) is 0 Å². The fraction of sp³-hybridized carbons (Fsp3) is 0.429. The molecule has 0 radical (unpaired) electrons. The van der Waals surface area contributed by atoms with Gasteiger partial charge in [-0.3, -0.25) is 10.1 Å². The van der Waals surface area contributed by atoms with Gasteiger partial charge in [-0.2, -0.15) is 0 Å². The lowest BCUT2D eigenvalue weighted by atomic mass is 10.3. The molecule has 3 N–H and O–H groups in total. The Labute approximate surface area is 122 Å². The normalized spacial score (nSPS) is 12.5. The third-order valence-corrected chi connectivity index (χ3v) is 3.81. The van der Waals surface area contributed by atoms with Gasteiger partial charge in [0, 0.05) is 12.3 Å². The molecule has 2 rings (SSSR count). The number of hydrogen-bond acceptors (Lipinski definition) is 5. The fourth-order valence-corrected chi connectivity index (χ4v) is 2.60. The predicted octanol–water partition coefficient (Wildman–Crippen LogP) is 3.02. The summed E-state index contributed by atoms with van der Waals surface area (Å²) in [6.45, 7) is 4.43. The number of benzene rings is 1. The second kappa shape index (κ2) is 6.67. The number of nitrogens with two attached hydrogens (primary N) is 1. The molecule has 1 unspecified atom stereocenters. The number of unbranched alkanes of at least 4 members (excludes halogenated alkanes) is 1. The molecular weight excluding hydrogens is 274 g/mol. The fourth-order valence-electron chi connectivity index (χ4n) is 1.68. The molecule has 0 fully saturated rings. The Hall–Kier alpha value is -1.66. The average Bonchev–Trinajstić information content (AvgIpc) is 2.80. The summed E-state index contributed by atoms with van der Waals surface area (Å²) in [6.07, 6.45) is 1.53. The van der Waals surface area contributed by atoms with Crippen molar-refractivity contribution in [2.24, 2.45) is 0 Å². The van der Waals surface area contributed by atoms with E-state index in [9.17, 15) is 4.79 Å². The van der Waals surface area contributed by atoms with Crippen LogP contribution in [0.2, 0.25) is 0 Å². The lowest BCUT2D eigenvalue weighted by Crippen LogP contribution is -2.27. The summed E-state index contributed by atoms with van der Waals surface area (Å²) in [7, 11) is 0. The summed E-state index contributed by atoms with van der Waals surface area (Å²) >= 11 is 1.41. The van der Waals surface area contributed by atoms with Gasteiger partial charge in [0.25, 0.3) is 5.91 Å². The molecule has 0 aliphatic heterocycles. The molecule has 1 atom stereocenters. The zero-order valence-electron chi connectivity index (χ0n) is 11.7. The van der Waals surface area contributed by atoms with Crippen molar-refractivity contribution in [1.82, 2.24) is 4.98 Å². The van der Waals surface area contributed by atoms with Crippen LogP contribution in [0, 0.1) is 0 Å². The van der Waals surface area contributed by atoms with Gasteiger partial charge in [-0.1, -0.05) is 24.7 Å². The van der Waals surface area contributed by atoms with Gasteiger partial charge in [0.1, 0.15) is 6.10 Å². The molecule has 1 amide bonds. The maximum absolute atomic E-state index is 12.0. The van der Waals surface area contributed by atoms with Crippen LogP contribution < -0.4 is 11.1 Å². The average molecular weight is 293 g/mol. The van der Waals surface area contributed by atoms with Crippen molar-refractivity contribution in [2.75, 3.05) is 17.7 Å². The second-order valence-electron chi connectivity index (χ2n) is 4.60. The van der Waals surface area contributed by atoms with Crippen molar-refractivity contribution in [2.45, 2.75) is 32.8 Å². The van der Waals surface area contributed by atoms with Gasteiger partial charge in [0.2, 0.25) is 0 Å². The molecule has 0 saturated carbocycles. The van der Waals surface area contributed by atoms with Gasteiger partial charge >= 0.3 is 0 Å². The number of nitrogens with zero attached hydrogens (tertiary/aromatic N) is 1. The van der Waals surface area contributed by atoms with Crippen LogP contribution in [0.1, 0.15) is 26.7 Å². The Morgan fingerprint density at radius 3 is 3.10 bits per heavy atom. The number of hydrogen-bond donors (Lipinski definition) is 2. The van der Waals surface area contributed by atoms with Gasteiger partial charge in [-0.15, -0.1) is 0 Å². The van der Waals surface area contributed by atoms with Crippen LogP contribution in [0.15, 0.2) is 18.2 Å². The highest BCUT2D eigenvalue weighted by Crippen LogP contribution is 2.27. The van der Waals surface area contributed by atoms with E-state index >= 15 is 0 Å². The van der Waals surface area contributed by atoms with Gasteiger partial charge in [-0.25, -0.2) is 4.98 Å². The summed E-state index contributed by atoms with van der Waals surface area (Å²) in [6, 6.07) is 5.49. The first-order valence-corrected chi connectivity index (χ1v) is 7.50. The smallest absolute Gasteiger partial charge is 0.254 e. The first-order chi connectivity index (χ1) is 9.60. The molecule has 108 valence electrons.